The molecule has 0 spiro atoms. The van der Waals surface area contributed by atoms with Gasteiger partial charge in [0.25, 0.3) is 0 Å². The van der Waals surface area contributed by atoms with Crippen molar-refractivity contribution in [3.63, 3.8) is 0 Å². The van der Waals surface area contributed by atoms with Crippen LogP contribution in [-0.2, 0) is 4.74 Å². The van der Waals surface area contributed by atoms with Crippen LogP contribution in [0.3, 0.4) is 0 Å². The Morgan fingerprint density at radius 2 is 1.81 bits per heavy atom. The van der Waals surface area contributed by atoms with Crippen LogP contribution in [0.1, 0.15) is 11.7 Å². The Bertz CT molecular complexity index is 573. The van der Waals surface area contributed by atoms with E-state index >= 15 is 0 Å². The first kappa shape index (κ1) is 15.0. The smallest absolute Gasteiger partial charge is 0.319 e. The number of anilines is 1. The summed E-state index contributed by atoms with van der Waals surface area (Å²) < 4.78 is 18.1. The summed E-state index contributed by atoms with van der Waals surface area (Å²) in [5.74, 6) is -0.343. The van der Waals surface area contributed by atoms with Crippen LogP contribution in [0.4, 0.5) is 14.9 Å². The molecular formula is C16H17FN2O2. The van der Waals surface area contributed by atoms with Crippen LogP contribution in [-0.4, -0.2) is 19.7 Å². The number of rotatable bonds is 5. The second-order valence-corrected chi connectivity index (χ2v) is 4.48. The molecule has 2 amide bonds. The highest BCUT2D eigenvalue weighted by molar-refractivity contribution is 5.89. The van der Waals surface area contributed by atoms with Gasteiger partial charge in [-0.2, -0.15) is 0 Å². The fraction of sp³-hybridized carbons (Fsp3) is 0.188. The van der Waals surface area contributed by atoms with Gasteiger partial charge in [-0.15, -0.1) is 0 Å². The number of carbonyl (C=O) groups excluding carboxylic acids is 1. The lowest BCUT2D eigenvalue weighted by Crippen LogP contribution is -2.32. The van der Waals surface area contributed by atoms with Gasteiger partial charge in [0.05, 0.1) is 6.10 Å². The number of halogens is 1. The molecule has 0 aromatic heterocycles. The van der Waals surface area contributed by atoms with E-state index in [2.05, 4.69) is 10.6 Å². The monoisotopic (exact) mass is 288 g/mol. The predicted octanol–water partition coefficient (Wildman–Crippen LogP) is 3.33. The molecule has 2 rings (SSSR count). The molecule has 110 valence electrons. The van der Waals surface area contributed by atoms with Crippen molar-refractivity contribution in [1.82, 2.24) is 5.32 Å². The van der Waals surface area contributed by atoms with Crippen molar-refractivity contribution in [2.75, 3.05) is 19.0 Å². The molecule has 2 aromatic rings. The lowest BCUT2D eigenvalue weighted by Gasteiger charge is -2.16. The highest BCUT2D eigenvalue weighted by atomic mass is 19.1. The molecular weight excluding hydrogens is 271 g/mol. The van der Waals surface area contributed by atoms with Crippen LogP contribution in [0.15, 0.2) is 54.6 Å². The van der Waals surface area contributed by atoms with Crippen molar-refractivity contribution in [2.45, 2.75) is 6.10 Å². The largest absolute Gasteiger partial charge is 0.375 e. The topological polar surface area (TPSA) is 50.4 Å². The molecule has 4 nitrogen and oxygen atoms in total. The maximum Gasteiger partial charge on any atom is 0.319 e. The fourth-order valence-electron chi connectivity index (χ4n) is 1.90. The molecule has 0 unspecified atom stereocenters. The van der Waals surface area contributed by atoms with Crippen molar-refractivity contribution < 1.29 is 13.9 Å². The van der Waals surface area contributed by atoms with E-state index in [4.69, 9.17) is 4.74 Å². The Hall–Kier alpha value is -2.40. The second-order valence-electron chi connectivity index (χ2n) is 4.48. The third-order valence-corrected chi connectivity index (χ3v) is 3.01. The van der Waals surface area contributed by atoms with Gasteiger partial charge in [-0.3, -0.25) is 0 Å². The standard InChI is InChI=1S/C16H17FN2O2/c1-21-15(12-5-3-2-4-6-12)11-18-16(20)19-14-9-7-13(17)8-10-14/h2-10,15H,11H2,1H3,(H2,18,19,20)/t15-/m1/s1. The zero-order chi connectivity index (χ0) is 15.1. The van der Waals surface area contributed by atoms with Crippen molar-refractivity contribution in [2.24, 2.45) is 0 Å². The van der Waals surface area contributed by atoms with Crippen LogP contribution < -0.4 is 10.6 Å². The Morgan fingerprint density at radius 1 is 1.14 bits per heavy atom. The van der Waals surface area contributed by atoms with Crippen LogP contribution in [0.2, 0.25) is 0 Å². The minimum absolute atomic E-state index is 0.217. The van der Waals surface area contributed by atoms with Gasteiger partial charge >= 0.3 is 6.03 Å². The number of hydrogen-bond donors (Lipinski definition) is 2. The lowest BCUT2D eigenvalue weighted by molar-refractivity contribution is 0.104. The molecule has 0 saturated carbocycles. The number of carbonyl (C=O) groups is 1. The van der Waals surface area contributed by atoms with Crippen molar-refractivity contribution in [3.8, 4) is 0 Å². The minimum Gasteiger partial charge on any atom is -0.375 e. The molecule has 0 fully saturated rings. The summed E-state index contributed by atoms with van der Waals surface area (Å²) in [6.45, 7) is 0.341. The number of hydrogen-bond acceptors (Lipinski definition) is 2. The summed E-state index contributed by atoms with van der Waals surface area (Å²) >= 11 is 0. The number of ether oxygens (including phenoxy) is 1. The molecule has 5 heteroatoms. The lowest BCUT2D eigenvalue weighted by atomic mass is 10.1. The molecule has 0 bridgehead atoms. The quantitative estimate of drug-likeness (QED) is 0.886. The summed E-state index contributed by atoms with van der Waals surface area (Å²) in [4.78, 5) is 11.8. The molecule has 21 heavy (non-hydrogen) atoms. The van der Waals surface area contributed by atoms with Gasteiger partial charge < -0.3 is 15.4 Å². The van der Waals surface area contributed by atoms with E-state index in [1.165, 1.54) is 24.3 Å². The zero-order valence-corrected chi connectivity index (χ0v) is 11.7. The van der Waals surface area contributed by atoms with Gasteiger partial charge in [0.1, 0.15) is 5.82 Å². The van der Waals surface area contributed by atoms with E-state index in [-0.39, 0.29) is 18.0 Å². The first-order valence-electron chi connectivity index (χ1n) is 6.57. The number of nitrogens with one attached hydrogen (secondary N) is 2. The van der Waals surface area contributed by atoms with Gasteiger partial charge in [0.2, 0.25) is 0 Å². The summed E-state index contributed by atoms with van der Waals surface area (Å²) in [7, 11) is 1.59. The maximum atomic E-state index is 12.8. The third kappa shape index (κ3) is 4.57. The number of amides is 2. The molecule has 1 atom stereocenters. The molecule has 0 aliphatic rings. The first-order chi connectivity index (χ1) is 10.2. The summed E-state index contributed by atoms with van der Waals surface area (Å²) in [5.41, 5.74) is 1.52. The third-order valence-electron chi connectivity index (χ3n) is 3.01. The Morgan fingerprint density at radius 3 is 2.43 bits per heavy atom. The van der Waals surface area contributed by atoms with Gasteiger partial charge in [-0.1, -0.05) is 30.3 Å². The van der Waals surface area contributed by atoms with Gasteiger partial charge in [0.15, 0.2) is 0 Å². The highest BCUT2D eigenvalue weighted by Crippen LogP contribution is 2.15. The molecule has 0 aliphatic carbocycles. The number of methoxy groups -OCH3 is 1. The maximum absolute atomic E-state index is 12.8. The Balaban J connectivity index is 1.86. The Kier molecular flexibility index (Phi) is 5.29. The molecule has 0 saturated heterocycles. The van der Waals surface area contributed by atoms with E-state index in [1.807, 2.05) is 30.3 Å². The Labute approximate surface area is 122 Å². The minimum atomic E-state index is -0.361. The predicted molar refractivity (Wildman–Crippen MR) is 79.6 cm³/mol. The van der Waals surface area contributed by atoms with Gasteiger partial charge in [0, 0.05) is 19.3 Å². The second kappa shape index (κ2) is 7.40. The molecule has 0 heterocycles. The fourth-order valence-corrected chi connectivity index (χ4v) is 1.90. The highest BCUT2D eigenvalue weighted by Gasteiger charge is 2.11. The van der Waals surface area contributed by atoms with Crippen molar-refractivity contribution >= 4 is 11.7 Å². The molecule has 0 aliphatic heterocycles. The van der Waals surface area contributed by atoms with E-state index in [1.54, 1.807) is 7.11 Å². The normalized spacial score (nSPS) is 11.7. The van der Waals surface area contributed by atoms with E-state index in [0.717, 1.165) is 5.56 Å². The van der Waals surface area contributed by atoms with Crippen LogP contribution in [0.5, 0.6) is 0 Å². The average Bonchev–Trinajstić information content (AvgIpc) is 2.51. The first-order valence-corrected chi connectivity index (χ1v) is 6.57. The van der Waals surface area contributed by atoms with Crippen molar-refractivity contribution in [1.29, 1.82) is 0 Å². The summed E-state index contributed by atoms with van der Waals surface area (Å²) in [6.07, 6.45) is -0.217. The van der Waals surface area contributed by atoms with Crippen LogP contribution >= 0.6 is 0 Å². The van der Waals surface area contributed by atoms with E-state index < -0.39 is 0 Å². The summed E-state index contributed by atoms with van der Waals surface area (Å²) in [6, 6.07) is 14.8. The van der Waals surface area contributed by atoms with Crippen LogP contribution in [0, 0.1) is 5.82 Å². The van der Waals surface area contributed by atoms with Gasteiger partial charge in [-0.25, -0.2) is 9.18 Å². The van der Waals surface area contributed by atoms with E-state index in [0.29, 0.717) is 12.2 Å². The summed E-state index contributed by atoms with van der Waals surface area (Å²) in [5, 5.41) is 5.35. The molecule has 2 N–H and O–H groups in total. The SMILES string of the molecule is CO[C@H](CNC(=O)Nc1ccc(F)cc1)c1ccccc1. The molecule has 0 radical (unpaired) electrons. The van der Waals surface area contributed by atoms with Crippen LogP contribution in [0.25, 0.3) is 0 Å². The average molecular weight is 288 g/mol. The van der Waals surface area contributed by atoms with E-state index in [9.17, 15) is 9.18 Å². The van der Waals surface area contributed by atoms with Crippen molar-refractivity contribution in [3.05, 3.63) is 66.0 Å². The van der Waals surface area contributed by atoms with Gasteiger partial charge in [-0.05, 0) is 29.8 Å². The zero-order valence-electron chi connectivity index (χ0n) is 11.7. The number of benzene rings is 2. The number of urea groups is 1. The molecule has 2 aromatic carbocycles.